The zero-order valence-corrected chi connectivity index (χ0v) is 16.9. The lowest BCUT2D eigenvalue weighted by Crippen LogP contribution is -2.22. The van der Waals surface area contributed by atoms with Crippen molar-refractivity contribution in [2.24, 2.45) is 0 Å². The van der Waals surface area contributed by atoms with Crippen LogP contribution in [-0.2, 0) is 34.9 Å². The molecule has 0 aliphatic carbocycles. The second-order valence-electron chi connectivity index (χ2n) is 6.97. The molecule has 2 aromatic carbocycles. The number of benzene rings is 2. The quantitative estimate of drug-likeness (QED) is 0.741. The second-order valence-corrected chi connectivity index (χ2v) is 8.35. The molecule has 1 aromatic heterocycles. The van der Waals surface area contributed by atoms with Crippen LogP contribution in [0.3, 0.4) is 0 Å². The van der Waals surface area contributed by atoms with Crippen LogP contribution >= 0.6 is 0 Å². The van der Waals surface area contributed by atoms with Gasteiger partial charge in [0.2, 0.25) is 5.91 Å². The molecule has 0 saturated heterocycles. The van der Waals surface area contributed by atoms with Crippen molar-refractivity contribution in [2.75, 3.05) is 13.3 Å². The average Bonchev–Trinajstić information content (AvgIpc) is 2.95. The minimum Gasteiger partial charge on any atom is -0.359 e. The summed E-state index contributed by atoms with van der Waals surface area (Å²) in [7, 11) is 0.630. The van der Waals surface area contributed by atoms with Crippen molar-refractivity contribution < 1.29 is 9.00 Å². The lowest BCUT2D eigenvalue weighted by molar-refractivity contribution is -0.120. The van der Waals surface area contributed by atoms with Gasteiger partial charge in [-0.1, -0.05) is 30.3 Å². The first-order valence-corrected chi connectivity index (χ1v) is 11.0. The number of likely N-dealkylation sites (N-methyl/N-ethyl adjacent to an activating group) is 1. The number of aryl methyl sites for hydroxylation is 2. The Morgan fingerprint density at radius 1 is 1.14 bits per heavy atom. The average molecular weight is 394 g/mol. The van der Waals surface area contributed by atoms with E-state index in [1.54, 1.807) is 13.3 Å². The molecule has 1 aliphatic heterocycles. The number of amides is 1. The molecule has 0 fully saturated rings. The number of nitrogens with zero attached hydrogens (tertiary/aromatic N) is 2. The first-order chi connectivity index (χ1) is 13.6. The van der Waals surface area contributed by atoms with Crippen LogP contribution in [0.25, 0.3) is 16.9 Å². The number of fused-ring (bicyclic) bond motifs is 3. The van der Waals surface area contributed by atoms with Gasteiger partial charge in [0.05, 0.1) is 23.5 Å². The fraction of sp³-hybridized carbons (Fsp3) is 0.273. The highest BCUT2D eigenvalue weighted by atomic mass is 32.2. The summed E-state index contributed by atoms with van der Waals surface area (Å²) in [6, 6.07) is 16.0. The molecule has 2 heterocycles. The van der Waals surface area contributed by atoms with Crippen LogP contribution in [0, 0.1) is 0 Å². The first-order valence-electron chi connectivity index (χ1n) is 9.41. The summed E-state index contributed by atoms with van der Waals surface area (Å²) in [6.07, 6.45) is 4.83. The zero-order valence-electron chi connectivity index (χ0n) is 16.1. The molecular formula is C22H23N3O2S. The van der Waals surface area contributed by atoms with E-state index < -0.39 is 10.8 Å². The van der Waals surface area contributed by atoms with Gasteiger partial charge in [-0.25, -0.2) is 4.98 Å². The van der Waals surface area contributed by atoms with Crippen LogP contribution < -0.4 is 5.32 Å². The van der Waals surface area contributed by atoms with Crippen molar-refractivity contribution in [1.29, 1.82) is 0 Å². The van der Waals surface area contributed by atoms with E-state index in [2.05, 4.69) is 28.1 Å². The van der Waals surface area contributed by atoms with Gasteiger partial charge in [0.1, 0.15) is 5.82 Å². The van der Waals surface area contributed by atoms with E-state index in [0.29, 0.717) is 0 Å². The molecule has 1 unspecified atom stereocenters. The first kappa shape index (κ1) is 18.6. The zero-order chi connectivity index (χ0) is 19.7. The number of carbonyl (C=O) groups excluding carboxylic acids is 1. The van der Waals surface area contributed by atoms with Crippen molar-refractivity contribution in [2.45, 2.75) is 30.6 Å². The molecule has 0 radical (unpaired) electrons. The maximum absolute atomic E-state index is 12.3. The van der Waals surface area contributed by atoms with E-state index >= 15 is 0 Å². The molecule has 3 aromatic rings. The van der Waals surface area contributed by atoms with Crippen LogP contribution in [0.4, 0.5) is 0 Å². The largest absolute Gasteiger partial charge is 0.359 e. The minimum atomic E-state index is -1.02. The van der Waals surface area contributed by atoms with E-state index in [4.69, 9.17) is 4.98 Å². The number of imidazole rings is 1. The smallest absolute Gasteiger partial charge is 0.225 e. The summed E-state index contributed by atoms with van der Waals surface area (Å²) in [5, 5.41) is 2.73. The summed E-state index contributed by atoms with van der Waals surface area (Å²) < 4.78 is 13.9. The number of nitrogens with one attached hydrogen (secondary N) is 1. The van der Waals surface area contributed by atoms with E-state index in [1.165, 1.54) is 5.56 Å². The highest BCUT2D eigenvalue weighted by Gasteiger charge is 2.24. The molecule has 1 N–H and O–H groups in total. The van der Waals surface area contributed by atoms with Gasteiger partial charge in [-0.2, -0.15) is 0 Å². The number of para-hydroxylation sites is 1. The molecule has 144 valence electrons. The third-order valence-corrected chi connectivity index (χ3v) is 6.12. The SMILES string of the molecule is CNC(=O)Cc1c(-c2ccc(S(C)=O)cc2)nc2n1-c1ccccc1CCC2. The molecule has 4 rings (SSSR count). The number of rotatable bonds is 4. The normalized spacial score (nSPS) is 13.9. The summed E-state index contributed by atoms with van der Waals surface area (Å²) in [5.74, 6) is 0.943. The third-order valence-electron chi connectivity index (χ3n) is 5.19. The Hall–Kier alpha value is -2.73. The van der Waals surface area contributed by atoms with Gasteiger partial charge in [0.25, 0.3) is 0 Å². The highest BCUT2D eigenvalue weighted by Crippen LogP contribution is 2.32. The predicted molar refractivity (Wildman–Crippen MR) is 111 cm³/mol. The Balaban J connectivity index is 1.91. The van der Waals surface area contributed by atoms with Crippen molar-refractivity contribution >= 4 is 16.7 Å². The van der Waals surface area contributed by atoms with E-state index in [1.807, 2.05) is 30.3 Å². The van der Waals surface area contributed by atoms with Crippen LogP contribution in [0.1, 0.15) is 23.5 Å². The van der Waals surface area contributed by atoms with E-state index in [-0.39, 0.29) is 12.3 Å². The Kier molecular flexibility index (Phi) is 5.13. The summed E-state index contributed by atoms with van der Waals surface area (Å²) in [4.78, 5) is 18.0. The Bertz CT molecular complexity index is 1050. The van der Waals surface area contributed by atoms with Crippen LogP contribution in [-0.4, -0.2) is 33.0 Å². The fourth-order valence-electron chi connectivity index (χ4n) is 3.77. The van der Waals surface area contributed by atoms with Gasteiger partial charge in [0.15, 0.2) is 0 Å². The summed E-state index contributed by atoms with van der Waals surface area (Å²) in [5.41, 5.74) is 5.04. The van der Waals surface area contributed by atoms with E-state index in [0.717, 1.165) is 52.6 Å². The highest BCUT2D eigenvalue weighted by molar-refractivity contribution is 7.84. The predicted octanol–water partition coefficient (Wildman–Crippen LogP) is 3.05. The van der Waals surface area contributed by atoms with Gasteiger partial charge >= 0.3 is 0 Å². The monoisotopic (exact) mass is 393 g/mol. The molecule has 1 amide bonds. The third kappa shape index (κ3) is 3.40. The van der Waals surface area contributed by atoms with Gasteiger partial charge in [-0.3, -0.25) is 13.6 Å². The molecule has 0 spiro atoms. The van der Waals surface area contributed by atoms with Crippen LogP contribution in [0.15, 0.2) is 53.4 Å². The number of hydrogen-bond acceptors (Lipinski definition) is 3. The van der Waals surface area contributed by atoms with Crippen LogP contribution in [0.2, 0.25) is 0 Å². The van der Waals surface area contributed by atoms with Gasteiger partial charge in [-0.05, 0) is 36.6 Å². The summed E-state index contributed by atoms with van der Waals surface area (Å²) in [6.45, 7) is 0. The van der Waals surface area contributed by atoms with Crippen LogP contribution in [0.5, 0.6) is 0 Å². The van der Waals surface area contributed by atoms with Gasteiger partial charge in [0, 0.05) is 41.0 Å². The standard InChI is InChI=1S/C22H23N3O2S/c1-23-21(26)14-19-22(16-10-12-17(13-11-16)28(2)27)24-20-9-5-7-15-6-3-4-8-18(15)25(19)20/h3-4,6,8,10-13H,5,7,9,14H2,1-2H3,(H,23,26). The molecule has 1 aliphatic rings. The Morgan fingerprint density at radius 2 is 1.89 bits per heavy atom. The topological polar surface area (TPSA) is 64.0 Å². The molecule has 28 heavy (non-hydrogen) atoms. The van der Waals surface area contributed by atoms with Crippen molar-refractivity contribution in [3.8, 4) is 16.9 Å². The van der Waals surface area contributed by atoms with Crippen molar-refractivity contribution in [1.82, 2.24) is 14.9 Å². The maximum Gasteiger partial charge on any atom is 0.225 e. The van der Waals surface area contributed by atoms with Gasteiger partial charge < -0.3 is 5.32 Å². The van der Waals surface area contributed by atoms with Crippen molar-refractivity contribution in [3.05, 3.63) is 65.6 Å². The molecule has 1 atom stereocenters. The molecule has 5 nitrogen and oxygen atoms in total. The minimum absolute atomic E-state index is 0.0445. The summed E-state index contributed by atoms with van der Waals surface area (Å²) >= 11 is 0. The maximum atomic E-state index is 12.3. The lowest BCUT2D eigenvalue weighted by atomic mass is 10.1. The fourth-order valence-corrected chi connectivity index (χ4v) is 4.29. The van der Waals surface area contributed by atoms with Gasteiger partial charge in [-0.15, -0.1) is 0 Å². The van der Waals surface area contributed by atoms with E-state index in [9.17, 15) is 9.00 Å². The van der Waals surface area contributed by atoms with Crippen molar-refractivity contribution in [3.63, 3.8) is 0 Å². The molecule has 0 saturated carbocycles. The second kappa shape index (κ2) is 7.72. The molecular weight excluding hydrogens is 370 g/mol. The Morgan fingerprint density at radius 3 is 2.61 bits per heavy atom. The number of hydrogen-bond donors (Lipinski definition) is 1. The number of aromatic nitrogens is 2. The molecule has 6 heteroatoms. The number of carbonyl (C=O) groups is 1. The lowest BCUT2D eigenvalue weighted by Gasteiger charge is -2.14. The molecule has 0 bridgehead atoms. The Labute approximate surface area is 167 Å².